The number of rotatable bonds is 2. The van der Waals surface area contributed by atoms with Gasteiger partial charge in [-0.05, 0) is 30.3 Å². The fraction of sp³-hybridized carbons (Fsp3) is 0.0833. The van der Waals surface area contributed by atoms with Crippen LogP contribution in [0.1, 0.15) is 11.4 Å². The second-order valence-corrected chi connectivity index (χ2v) is 3.58. The third-order valence-electron chi connectivity index (χ3n) is 2.24. The minimum atomic E-state index is -4.36. The van der Waals surface area contributed by atoms with Gasteiger partial charge < -0.3 is 5.32 Å². The van der Waals surface area contributed by atoms with Crippen LogP contribution < -0.4 is 5.32 Å². The van der Waals surface area contributed by atoms with Crippen molar-refractivity contribution in [3.63, 3.8) is 0 Å². The summed E-state index contributed by atoms with van der Waals surface area (Å²) in [6.45, 7) is 0. The summed E-state index contributed by atoms with van der Waals surface area (Å²) in [5.41, 5.74) is -0.283. The smallest absolute Gasteiger partial charge is 0.340 e. The molecule has 1 aromatic heterocycles. The zero-order valence-electron chi connectivity index (χ0n) is 9.44. The first-order valence-corrected chi connectivity index (χ1v) is 5.16. The van der Waals surface area contributed by atoms with Crippen LogP contribution in [0.5, 0.6) is 0 Å². The quantitative estimate of drug-likeness (QED) is 0.905. The summed E-state index contributed by atoms with van der Waals surface area (Å²) in [6, 6.07) is 7.79. The highest BCUT2D eigenvalue weighted by Gasteiger charge is 2.29. The molecule has 0 aliphatic heterocycles. The lowest BCUT2D eigenvalue weighted by molar-refractivity contribution is -0.137. The fourth-order valence-corrected chi connectivity index (χ4v) is 1.37. The molecule has 1 aromatic carbocycles. The van der Waals surface area contributed by atoms with Gasteiger partial charge in [-0.2, -0.15) is 18.4 Å². The molecule has 0 bridgehead atoms. The second kappa shape index (κ2) is 4.94. The van der Waals surface area contributed by atoms with Crippen LogP contribution in [0.3, 0.4) is 0 Å². The molecule has 1 N–H and O–H groups in total. The Hall–Kier alpha value is -2.62. The first-order chi connectivity index (χ1) is 8.99. The number of hydrogen-bond donors (Lipinski definition) is 1. The molecule has 0 radical (unpaired) electrons. The molecule has 0 saturated carbocycles. The minimum Gasteiger partial charge on any atom is -0.340 e. The Kier molecular flexibility index (Phi) is 3.33. The van der Waals surface area contributed by atoms with E-state index in [1.807, 2.05) is 0 Å². The van der Waals surface area contributed by atoms with Gasteiger partial charge in [-0.3, -0.25) is 0 Å². The first-order valence-electron chi connectivity index (χ1n) is 5.16. The molecule has 7 heteroatoms. The van der Waals surface area contributed by atoms with E-state index in [9.17, 15) is 13.2 Å². The third-order valence-corrected chi connectivity index (χ3v) is 2.24. The van der Waals surface area contributed by atoms with Crippen LogP contribution in [0.15, 0.2) is 36.5 Å². The number of nitriles is 1. The van der Waals surface area contributed by atoms with Gasteiger partial charge in [0.25, 0.3) is 0 Å². The van der Waals surface area contributed by atoms with Crippen LogP contribution in [0, 0.1) is 11.3 Å². The molecular weight excluding hydrogens is 257 g/mol. The van der Waals surface area contributed by atoms with Gasteiger partial charge in [-0.25, -0.2) is 9.97 Å². The van der Waals surface area contributed by atoms with E-state index in [0.717, 1.165) is 12.1 Å². The van der Waals surface area contributed by atoms with Crippen molar-refractivity contribution in [2.45, 2.75) is 6.18 Å². The van der Waals surface area contributed by atoms with Gasteiger partial charge in [0.1, 0.15) is 11.9 Å². The summed E-state index contributed by atoms with van der Waals surface area (Å²) >= 11 is 0. The molecule has 4 nitrogen and oxygen atoms in total. The SMILES string of the molecule is N#Cc1nccc(Nc2ccc(C(F)(F)F)cc2)n1. The van der Waals surface area contributed by atoms with Crippen LogP contribution >= 0.6 is 0 Å². The van der Waals surface area contributed by atoms with Crippen molar-refractivity contribution in [2.75, 3.05) is 5.32 Å². The van der Waals surface area contributed by atoms with E-state index in [4.69, 9.17) is 5.26 Å². The van der Waals surface area contributed by atoms with Crippen molar-refractivity contribution >= 4 is 11.5 Å². The van der Waals surface area contributed by atoms with Gasteiger partial charge in [-0.1, -0.05) is 0 Å². The lowest BCUT2D eigenvalue weighted by Gasteiger charge is -2.08. The maximum absolute atomic E-state index is 12.4. The molecule has 0 aliphatic carbocycles. The van der Waals surface area contributed by atoms with E-state index < -0.39 is 11.7 Å². The summed E-state index contributed by atoms with van der Waals surface area (Å²) in [7, 11) is 0. The summed E-state index contributed by atoms with van der Waals surface area (Å²) < 4.78 is 37.1. The van der Waals surface area contributed by atoms with Gasteiger partial charge in [-0.15, -0.1) is 0 Å². The zero-order valence-corrected chi connectivity index (χ0v) is 9.44. The Morgan fingerprint density at radius 2 is 1.79 bits per heavy atom. The number of nitrogens with one attached hydrogen (secondary N) is 1. The molecular formula is C12H7F3N4. The molecule has 0 unspecified atom stereocenters. The van der Waals surface area contributed by atoms with E-state index in [0.29, 0.717) is 11.5 Å². The maximum atomic E-state index is 12.4. The lowest BCUT2D eigenvalue weighted by Crippen LogP contribution is -2.04. The minimum absolute atomic E-state index is 0.0167. The van der Waals surface area contributed by atoms with Crippen LogP contribution in [0.25, 0.3) is 0 Å². The fourth-order valence-electron chi connectivity index (χ4n) is 1.37. The highest BCUT2D eigenvalue weighted by molar-refractivity contribution is 5.56. The normalized spacial score (nSPS) is 10.8. The van der Waals surface area contributed by atoms with Crippen molar-refractivity contribution in [3.8, 4) is 6.07 Å². The summed E-state index contributed by atoms with van der Waals surface area (Å²) in [5.74, 6) is 0.322. The Morgan fingerprint density at radius 1 is 1.11 bits per heavy atom. The van der Waals surface area contributed by atoms with E-state index in [-0.39, 0.29) is 5.82 Å². The first kappa shape index (κ1) is 12.8. The molecule has 0 aliphatic rings. The number of halogens is 3. The van der Waals surface area contributed by atoms with Crippen LogP contribution in [0.2, 0.25) is 0 Å². The standard InChI is InChI=1S/C12H7F3N4/c13-12(14,15)8-1-3-9(4-2-8)18-10-5-6-17-11(7-16)19-10/h1-6H,(H,17,18,19). The van der Waals surface area contributed by atoms with E-state index in [1.54, 1.807) is 6.07 Å². The molecule has 96 valence electrons. The number of alkyl halides is 3. The predicted molar refractivity (Wildman–Crippen MR) is 61.5 cm³/mol. The molecule has 19 heavy (non-hydrogen) atoms. The predicted octanol–water partition coefficient (Wildman–Crippen LogP) is 3.11. The van der Waals surface area contributed by atoms with Crippen molar-refractivity contribution in [3.05, 3.63) is 47.9 Å². The van der Waals surface area contributed by atoms with Gasteiger partial charge in [0.2, 0.25) is 5.82 Å². The average molecular weight is 264 g/mol. The van der Waals surface area contributed by atoms with Crippen molar-refractivity contribution in [1.29, 1.82) is 5.26 Å². The van der Waals surface area contributed by atoms with Gasteiger partial charge >= 0.3 is 6.18 Å². The largest absolute Gasteiger partial charge is 0.416 e. The maximum Gasteiger partial charge on any atom is 0.416 e. The van der Waals surface area contributed by atoms with Crippen LogP contribution in [0.4, 0.5) is 24.7 Å². The van der Waals surface area contributed by atoms with Crippen LogP contribution in [-0.2, 0) is 6.18 Å². The number of aromatic nitrogens is 2. The number of nitrogens with zero attached hydrogens (tertiary/aromatic N) is 3. The molecule has 1 heterocycles. The Labute approximate surface area is 106 Å². The Bertz CT molecular complexity index is 614. The molecule has 0 spiro atoms. The number of benzene rings is 1. The van der Waals surface area contributed by atoms with Crippen molar-refractivity contribution in [2.24, 2.45) is 0 Å². The number of hydrogen-bond acceptors (Lipinski definition) is 4. The number of anilines is 2. The van der Waals surface area contributed by atoms with Crippen molar-refractivity contribution < 1.29 is 13.2 Å². The van der Waals surface area contributed by atoms with Crippen molar-refractivity contribution in [1.82, 2.24) is 9.97 Å². The summed E-state index contributed by atoms with van der Waals surface area (Å²) in [4.78, 5) is 7.54. The van der Waals surface area contributed by atoms with Gasteiger partial charge in [0.05, 0.1) is 5.56 Å². The van der Waals surface area contributed by atoms with E-state index in [2.05, 4.69) is 15.3 Å². The monoisotopic (exact) mass is 264 g/mol. The summed E-state index contributed by atoms with van der Waals surface area (Å²) in [6.07, 6.45) is -2.97. The average Bonchev–Trinajstić information content (AvgIpc) is 2.38. The molecule has 0 fully saturated rings. The molecule has 2 rings (SSSR count). The summed E-state index contributed by atoms with van der Waals surface area (Å²) in [5, 5.41) is 11.4. The topological polar surface area (TPSA) is 61.6 Å². The molecule has 0 amide bonds. The highest BCUT2D eigenvalue weighted by Crippen LogP contribution is 2.30. The van der Waals surface area contributed by atoms with Crippen LogP contribution in [-0.4, -0.2) is 9.97 Å². The third kappa shape index (κ3) is 3.19. The highest BCUT2D eigenvalue weighted by atomic mass is 19.4. The van der Waals surface area contributed by atoms with E-state index in [1.165, 1.54) is 24.4 Å². The molecule has 2 aromatic rings. The molecule has 0 saturated heterocycles. The Balaban J connectivity index is 2.18. The second-order valence-electron chi connectivity index (χ2n) is 3.58. The Morgan fingerprint density at radius 3 is 2.37 bits per heavy atom. The lowest BCUT2D eigenvalue weighted by atomic mass is 10.2. The zero-order chi connectivity index (χ0) is 13.9. The van der Waals surface area contributed by atoms with Gasteiger partial charge in [0.15, 0.2) is 0 Å². The molecule has 0 atom stereocenters. The van der Waals surface area contributed by atoms with Gasteiger partial charge in [0, 0.05) is 11.9 Å². The van der Waals surface area contributed by atoms with E-state index >= 15 is 0 Å².